The Hall–Kier alpha value is -1.05. The van der Waals surface area contributed by atoms with Crippen LogP contribution in [0.1, 0.15) is 18.9 Å². The van der Waals surface area contributed by atoms with Gasteiger partial charge < -0.3 is 0 Å². The van der Waals surface area contributed by atoms with Crippen molar-refractivity contribution >= 4 is 22.4 Å². The molecule has 0 bridgehead atoms. The van der Waals surface area contributed by atoms with Crippen LogP contribution in [0.3, 0.4) is 0 Å². The van der Waals surface area contributed by atoms with Gasteiger partial charge in [0.15, 0.2) is 0 Å². The summed E-state index contributed by atoms with van der Waals surface area (Å²) in [6.45, 7) is 3.85. The zero-order valence-electron chi connectivity index (χ0n) is 9.41. The fourth-order valence-electron chi connectivity index (χ4n) is 1.82. The highest BCUT2D eigenvalue weighted by Crippen LogP contribution is 2.26. The summed E-state index contributed by atoms with van der Waals surface area (Å²) in [7, 11) is 0. The predicted octanol–water partition coefficient (Wildman–Crippen LogP) is 4.01. The molecule has 0 amide bonds. The van der Waals surface area contributed by atoms with Gasteiger partial charge in [-0.1, -0.05) is 48.9 Å². The van der Waals surface area contributed by atoms with Crippen LogP contribution in [-0.4, -0.2) is 6.54 Å². The lowest BCUT2D eigenvalue weighted by Crippen LogP contribution is -2.05. The van der Waals surface area contributed by atoms with Crippen molar-refractivity contribution in [2.45, 2.75) is 19.9 Å². The minimum Gasteiger partial charge on any atom is -0.237 e. The Morgan fingerprint density at radius 2 is 1.81 bits per heavy atom. The van der Waals surface area contributed by atoms with Crippen LogP contribution in [-0.2, 0) is 6.54 Å². The quantitative estimate of drug-likeness (QED) is 0.708. The van der Waals surface area contributed by atoms with Crippen molar-refractivity contribution in [3.8, 4) is 0 Å². The van der Waals surface area contributed by atoms with E-state index in [2.05, 4.69) is 30.4 Å². The summed E-state index contributed by atoms with van der Waals surface area (Å²) in [6.07, 6.45) is 1.10. The third-order valence-corrected chi connectivity index (χ3v) is 2.95. The van der Waals surface area contributed by atoms with Crippen LogP contribution in [0.5, 0.6) is 0 Å². The molecule has 0 fully saturated rings. The average Bonchev–Trinajstić information content (AvgIpc) is 2.33. The van der Waals surface area contributed by atoms with Crippen molar-refractivity contribution in [1.29, 1.82) is 0 Å². The average molecular weight is 233 g/mol. The van der Waals surface area contributed by atoms with Crippen LogP contribution in [0.25, 0.3) is 10.8 Å². The number of nitrogens with zero attached hydrogens (tertiary/aromatic N) is 1. The molecule has 0 aliphatic heterocycles. The lowest BCUT2D eigenvalue weighted by molar-refractivity contribution is 0.663. The summed E-state index contributed by atoms with van der Waals surface area (Å²) in [5.74, 6) is 0. The van der Waals surface area contributed by atoms with Gasteiger partial charge in [0.2, 0.25) is 0 Å². The predicted molar refractivity (Wildman–Crippen MR) is 70.0 cm³/mol. The van der Waals surface area contributed by atoms with Crippen LogP contribution < -0.4 is 5.32 Å². The molecule has 83 valence electrons. The minimum atomic E-state index is 0.783. The largest absolute Gasteiger partial charge is 0.237 e. The van der Waals surface area contributed by atoms with Crippen molar-refractivity contribution in [3.63, 3.8) is 0 Å². The molecule has 1 nitrogen and oxygen atoms in total. The van der Waals surface area contributed by atoms with Crippen molar-refractivity contribution < 1.29 is 0 Å². The maximum Gasteiger partial charge on any atom is 0.0484 e. The van der Waals surface area contributed by atoms with Crippen molar-refractivity contribution in [3.05, 3.63) is 47.0 Å². The molecule has 0 unspecified atom stereocenters. The standard InChI is InChI=1S/C14H15ClN/c1-2-9-16-10-11-7-8-14(15)13-6-4-3-5-12(11)13/h3-8H,2,9-10H2,1H3. The third-order valence-electron chi connectivity index (χ3n) is 2.63. The van der Waals surface area contributed by atoms with Crippen molar-refractivity contribution in [2.75, 3.05) is 6.54 Å². The first-order chi connectivity index (χ1) is 7.83. The van der Waals surface area contributed by atoms with E-state index in [0.29, 0.717) is 0 Å². The smallest absolute Gasteiger partial charge is 0.0484 e. The van der Waals surface area contributed by atoms with Gasteiger partial charge in [-0.15, -0.1) is 0 Å². The Kier molecular flexibility index (Phi) is 3.81. The number of rotatable bonds is 4. The second-order valence-electron chi connectivity index (χ2n) is 3.86. The second-order valence-corrected chi connectivity index (χ2v) is 4.26. The Labute approximate surface area is 101 Å². The normalized spacial score (nSPS) is 10.9. The SMILES string of the molecule is CCC[N]Cc1ccc(Cl)c2ccccc12. The fraction of sp³-hybridized carbons (Fsp3) is 0.286. The van der Waals surface area contributed by atoms with E-state index in [1.54, 1.807) is 0 Å². The molecule has 0 aromatic heterocycles. The molecule has 2 aromatic rings. The van der Waals surface area contributed by atoms with Gasteiger partial charge in [0.05, 0.1) is 0 Å². The second kappa shape index (κ2) is 5.33. The molecule has 2 heteroatoms. The van der Waals surface area contributed by atoms with Crippen LogP contribution in [0.15, 0.2) is 36.4 Å². The summed E-state index contributed by atoms with van der Waals surface area (Å²) >= 11 is 6.16. The summed E-state index contributed by atoms with van der Waals surface area (Å²) < 4.78 is 0. The molecule has 0 atom stereocenters. The van der Waals surface area contributed by atoms with Gasteiger partial charge in [0, 0.05) is 23.5 Å². The molecule has 0 N–H and O–H groups in total. The summed E-state index contributed by atoms with van der Waals surface area (Å²) in [5.41, 5.74) is 1.26. The van der Waals surface area contributed by atoms with E-state index >= 15 is 0 Å². The number of hydrogen-bond acceptors (Lipinski definition) is 0. The first-order valence-electron chi connectivity index (χ1n) is 5.62. The Morgan fingerprint density at radius 3 is 2.56 bits per heavy atom. The first kappa shape index (κ1) is 11.4. The van der Waals surface area contributed by atoms with E-state index in [-0.39, 0.29) is 0 Å². The molecule has 0 saturated heterocycles. The molecule has 2 rings (SSSR count). The van der Waals surface area contributed by atoms with Crippen LogP contribution >= 0.6 is 11.6 Å². The summed E-state index contributed by atoms with van der Waals surface area (Å²) in [4.78, 5) is 0. The maximum atomic E-state index is 6.16. The van der Waals surface area contributed by atoms with E-state index in [0.717, 1.165) is 29.9 Å². The minimum absolute atomic E-state index is 0.783. The van der Waals surface area contributed by atoms with E-state index in [1.165, 1.54) is 10.9 Å². The van der Waals surface area contributed by atoms with Gasteiger partial charge in [-0.2, -0.15) is 0 Å². The third kappa shape index (κ3) is 2.37. The lowest BCUT2D eigenvalue weighted by Gasteiger charge is -2.07. The maximum absolute atomic E-state index is 6.16. The summed E-state index contributed by atoms with van der Waals surface area (Å²) in [6, 6.07) is 12.3. The molecule has 2 aromatic carbocycles. The molecule has 16 heavy (non-hydrogen) atoms. The zero-order chi connectivity index (χ0) is 11.4. The van der Waals surface area contributed by atoms with Gasteiger partial charge >= 0.3 is 0 Å². The summed E-state index contributed by atoms with van der Waals surface area (Å²) in [5, 5.41) is 7.65. The van der Waals surface area contributed by atoms with Gasteiger partial charge in [-0.3, -0.25) is 0 Å². The Balaban J connectivity index is 2.35. The van der Waals surface area contributed by atoms with Gasteiger partial charge in [0.25, 0.3) is 0 Å². The van der Waals surface area contributed by atoms with Gasteiger partial charge in [0.1, 0.15) is 0 Å². The van der Waals surface area contributed by atoms with Crippen LogP contribution in [0, 0.1) is 0 Å². The van der Waals surface area contributed by atoms with E-state index in [4.69, 9.17) is 11.6 Å². The lowest BCUT2D eigenvalue weighted by atomic mass is 10.0. The molecule has 0 aliphatic rings. The fourth-order valence-corrected chi connectivity index (χ4v) is 2.05. The van der Waals surface area contributed by atoms with Crippen molar-refractivity contribution in [1.82, 2.24) is 5.32 Å². The van der Waals surface area contributed by atoms with Crippen molar-refractivity contribution in [2.24, 2.45) is 0 Å². The Bertz CT molecular complexity index is 479. The molecule has 0 aliphatic carbocycles. The zero-order valence-corrected chi connectivity index (χ0v) is 10.2. The van der Waals surface area contributed by atoms with E-state index in [1.807, 2.05) is 18.2 Å². The molecule has 1 radical (unpaired) electrons. The molecule has 0 saturated carbocycles. The van der Waals surface area contributed by atoms with Crippen LogP contribution in [0.4, 0.5) is 0 Å². The Morgan fingerprint density at radius 1 is 1.06 bits per heavy atom. The highest BCUT2D eigenvalue weighted by atomic mass is 35.5. The molecule has 0 heterocycles. The molecular weight excluding hydrogens is 218 g/mol. The monoisotopic (exact) mass is 232 g/mol. The number of fused-ring (bicyclic) bond motifs is 1. The van der Waals surface area contributed by atoms with Crippen LogP contribution in [0.2, 0.25) is 5.02 Å². The molecule has 0 spiro atoms. The van der Waals surface area contributed by atoms with E-state index < -0.39 is 0 Å². The van der Waals surface area contributed by atoms with E-state index in [9.17, 15) is 0 Å². The number of hydrogen-bond donors (Lipinski definition) is 0. The number of halogens is 1. The van der Waals surface area contributed by atoms with Gasteiger partial charge in [-0.25, -0.2) is 5.32 Å². The topological polar surface area (TPSA) is 14.1 Å². The highest BCUT2D eigenvalue weighted by Gasteiger charge is 2.03. The molecular formula is C14H15ClN. The highest BCUT2D eigenvalue weighted by molar-refractivity contribution is 6.35. The van der Waals surface area contributed by atoms with Gasteiger partial charge in [-0.05, 0) is 23.4 Å². The number of benzene rings is 2. The first-order valence-corrected chi connectivity index (χ1v) is 6.00.